The summed E-state index contributed by atoms with van der Waals surface area (Å²) >= 11 is -2.22. The van der Waals surface area contributed by atoms with Crippen LogP contribution >= 0.6 is 0 Å². The van der Waals surface area contributed by atoms with Gasteiger partial charge in [-0.25, -0.2) is 8.93 Å². The highest BCUT2D eigenvalue weighted by atomic mass is 32.2. The zero-order chi connectivity index (χ0) is 25.7. The molecule has 2 N–H and O–H groups in total. The zero-order valence-electron chi connectivity index (χ0n) is 20.3. The summed E-state index contributed by atoms with van der Waals surface area (Å²) in [4.78, 5) is 13.1. The molecule has 11 nitrogen and oxygen atoms in total. The Kier molecular flexibility index (Phi) is 7.98. The van der Waals surface area contributed by atoms with Crippen LogP contribution in [0.3, 0.4) is 0 Å². The van der Waals surface area contributed by atoms with Crippen LogP contribution in [0.25, 0.3) is 17.1 Å². The molecule has 0 aliphatic rings. The number of aryl methyl sites for hydroxylation is 1. The summed E-state index contributed by atoms with van der Waals surface area (Å²) in [6.45, 7) is 3.66. The highest BCUT2D eigenvalue weighted by Gasteiger charge is 2.29. The second kappa shape index (κ2) is 11.3. The molecule has 0 aliphatic carbocycles. The maximum Gasteiger partial charge on any atom is 0.231 e. The molecule has 0 amide bonds. The Morgan fingerprint density at radius 2 is 1.81 bits per heavy atom. The Morgan fingerprint density at radius 1 is 1.06 bits per heavy atom. The van der Waals surface area contributed by atoms with Crippen LogP contribution in [0.1, 0.15) is 30.1 Å². The van der Waals surface area contributed by atoms with E-state index in [1.807, 2.05) is 48.7 Å². The number of ether oxygens (including phenoxy) is 2. The molecule has 12 heteroatoms. The van der Waals surface area contributed by atoms with Gasteiger partial charge < -0.3 is 9.47 Å². The smallest absolute Gasteiger partial charge is 0.231 e. The lowest BCUT2D eigenvalue weighted by Gasteiger charge is -2.24. The second-order valence-electron chi connectivity index (χ2n) is 8.08. The maximum absolute atomic E-state index is 11.6. The summed E-state index contributed by atoms with van der Waals surface area (Å²) in [7, 11) is 3.17. The van der Waals surface area contributed by atoms with Gasteiger partial charge in [0.15, 0.2) is 5.82 Å². The number of nitrogens with one attached hydrogen (secondary N) is 1. The van der Waals surface area contributed by atoms with Gasteiger partial charge in [-0.05, 0) is 38.1 Å². The number of para-hydroxylation sites is 1. The third-order valence-corrected chi connectivity index (χ3v) is 6.32. The first-order valence-corrected chi connectivity index (χ1v) is 12.2. The minimum absolute atomic E-state index is 0.317. The minimum atomic E-state index is -2.22. The molecule has 0 saturated heterocycles. The van der Waals surface area contributed by atoms with Gasteiger partial charge in [-0.1, -0.05) is 6.07 Å². The number of hydrogen-bond acceptors (Lipinski definition) is 8. The minimum Gasteiger partial charge on any atom is -0.494 e. The number of benzene rings is 1. The summed E-state index contributed by atoms with van der Waals surface area (Å²) in [5, 5.41) is 9.01. The van der Waals surface area contributed by atoms with E-state index in [0.717, 1.165) is 11.3 Å². The highest BCUT2D eigenvalue weighted by Crippen LogP contribution is 2.37. The first kappa shape index (κ1) is 25.4. The molecule has 36 heavy (non-hydrogen) atoms. The normalized spacial score (nSPS) is 13.7. The fraction of sp³-hybridized carbons (Fsp3) is 0.292. The van der Waals surface area contributed by atoms with Crippen LogP contribution in [-0.4, -0.2) is 58.7 Å². The van der Waals surface area contributed by atoms with Crippen LogP contribution in [-0.2, 0) is 17.7 Å². The molecule has 1 aromatic carbocycles. The molecule has 188 valence electrons. The van der Waals surface area contributed by atoms with E-state index in [4.69, 9.17) is 9.47 Å². The Morgan fingerprint density at radius 3 is 2.39 bits per heavy atom. The predicted molar refractivity (Wildman–Crippen MR) is 134 cm³/mol. The summed E-state index contributed by atoms with van der Waals surface area (Å²) in [6, 6.07) is 8.76. The van der Waals surface area contributed by atoms with E-state index >= 15 is 0 Å². The van der Waals surface area contributed by atoms with E-state index in [0.29, 0.717) is 40.9 Å². The van der Waals surface area contributed by atoms with Crippen LogP contribution in [0, 0.1) is 6.92 Å². The summed E-state index contributed by atoms with van der Waals surface area (Å²) in [6.07, 6.45) is 7.04. The van der Waals surface area contributed by atoms with Crippen molar-refractivity contribution in [2.45, 2.75) is 32.2 Å². The third kappa shape index (κ3) is 5.40. The van der Waals surface area contributed by atoms with Gasteiger partial charge in [0, 0.05) is 48.7 Å². The van der Waals surface area contributed by atoms with Crippen LogP contribution in [0.5, 0.6) is 11.5 Å². The number of aromatic nitrogens is 6. The lowest BCUT2D eigenvalue weighted by Crippen LogP contribution is -2.35. The van der Waals surface area contributed by atoms with Gasteiger partial charge in [0.1, 0.15) is 23.0 Å². The SMILES string of the molecule is COc1cccc(OC)c1-n1c(C[C@@H](c2cnc(C)cn2)[C@@H](C)NS(=O)O)nnc1-c1cccnc1. The quantitative estimate of drug-likeness (QED) is 0.309. The molecule has 3 atom stereocenters. The van der Waals surface area contributed by atoms with Crippen molar-refractivity contribution < 1.29 is 18.2 Å². The van der Waals surface area contributed by atoms with Crippen LogP contribution in [0.2, 0.25) is 0 Å². The monoisotopic (exact) mass is 509 g/mol. The Balaban J connectivity index is 1.90. The predicted octanol–water partition coefficient (Wildman–Crippen LogP) is 2.89. The average molecular weight is 510 g/mol. The number of methoxy groups -OCH3 is 2. The van der Waals surface area contributed by atoms with Crippen molar-refractivity contribution in [3.05, 3.63) is 72.3 Å². The Labute approximate surface area is 211 Å². The highest BCUT2D eigenvalue weighted by molar-refractivity contribution is 7.77. The van der Waals surface area contributed by atoms with Gasteiger partial charge in [0.25, 0.3) is 0 Å². The van der Waals surface area contributed by atoms with Gasteiger partial charge in [-0.15, -0.1) is 10.2 Å². The second-order valence-corrected chi connectivity index (χ2v) is 8.81. The van der Waals surface area contributed by atoms with E-state index in [9.17, 15) is 8.76 Å². The molecule has 0 aliphatic heterocycles. The van der Waals surface area contributed by atoms with Crippen LogP contribution in [0.15, 0.2) is 55.1 Å². The maximum atomic E-state index is 11.6. The van der Waals surface area contributed by atoms with Crippen molar-refractivity contribution in [2.24, 2.45) is 0 Å². The molecule has 3 aromatic heterocycles. The zero-order valence-corrected chi connectivity index (χ0v) is 21.1. The van der Waals surface area contributed by atoms with Crippen molar-refractivity contribution >= 4 is 11.3 Å². The van der Waals surface area contributed by atoms with Crippen molar-refractivity contribution in [1.29, 1.82) is 0 Å². The topological polar surface area (TPSA) is 137 Å². The molecule has 4 rings (SSSR count). The molecular weight excluding hydrogens is 482 g/mol. The summed E-state index contributed by atoms with van der Waals surface area (Å²) in [5.74, 6) is 1.88. The lowest BCUT2D eigenvalue weighted by molar-refractivity contribution is 0.390. The molecule has 0 fully saturated rings. The van der Waals surface area contributed by atoms with Crippen molar-refractivity contribution in [3.63, 3.8) is 0 Å². The van der Waals surface area contributed by atoms with Gasteiger partial charge in [-0.2, -0.15) is 0 Å². The molecule has 3 heterocycles. The van der Waals surface area contributed by atoms with E-state index in [2.05, 4.69) is 29.9 Å². The number of pyridine rings is 1. The largest absolute Gasteiger partial charge is 0.494 e. The fourth-order valence-corrected chi connectivity index (χ4v) is 4.47. The Hall–Kier alpha value is -3.74. The molecule has 1 unspecified atom stereocenters. The number of hydrogen-bond donors (Lipinski definition) is 2. The van der Waals surface area contributed by atoms with Gasteiger partial charge in [0.2, 0.25) is 11.3 Å². The van der Waals surface area contributed by atoms with Gasteiger partial charge >= 0.3 is 0 Å². The van der Waals surface area contributed by atoms with Crippen molar-refractivity contribution in [1.82, 2.24) is 34.4 Å². The standard InChI is InChI=1S/C24H27N7O4S/c1-15-12-27-19(14-26-15)18(16(2)30-36(32)33)11-22-28-29-24(17-7-6-10-25-13-17)31(22)23-20(34-3)8-5-9-21(23)35-4/h5-10,12-14,16,18,30H,11H2,1-4H3,(H,32,33)/t16-,18-/m1/s1. The Bertz CT molecular complexity index is 1310. The molecule has 0 radical (unpaired) electrons. The summed E-state index contributed by atoms with van der Waals surface area (Å²) < 4.78 is 37.0. The molecule has 4 aromatic rings. The lowest BCUT2D eigenvalue weighted by atomic mass is 9.94. The third-order valence-electron chi connectivity index (χ3n) is 5.75. The van der Waals surface area contributed by atoms with Crippen molar-refractivity contribution in [3.8, 4) is 28.6 Å². The number of nitrogens with zero attached hydrogens (tertiary/aromatic N) is 6. The molecule has 0 bridgehead atoms. The fourth-order valence-electron chi connectivity index (χ4n) is 3.99. The van der Waals surface area contributed by atoms with Crippen molar-refractivity contribution in [2.75, 3.05) is 14.2 Å². The van der Waals surface area contributed by atoms with E-state index in [-0.39, 0.29) is 5.92 Å². The first-order chi connectivity index (χ1) is 17.4. The van der Waals surface area contributed by atoms with Gasteiger partial charge in [-0.3, -0.25) is 24.1 Å². The number of rotatable bonds is 10. The molecule has 0 spiro atoms. The van der Waals surface area contributed by atoms with E-state index in [1.165, 1.54) is 0 Å². The summed E-state index contributed by atoms with van der Waals surface area (Å²) in [5.41, 5.74) is 2.79. The van der Waals surface area contributed by atoms with Gasteiger partial charge in [0.05, 0.1) is 25.6 Å². The molecular formula is C24H27N7O4S. The van der Waals surface area contributed by atoms with E-state index < -0.39 is 17.3 Å². The molecule has 0 saturated carbocycles. The van der Waals surface area contributed by atoms with E-state index in [1.54, 1.807) is 39.0 Å². The first-order valence-electron chi connectivity index (χ1n) is 11.1. The van der Waals surface area contributed by atoms with Crippen LogP contribution < -0.4 is 14.2 Å². The average Bonchev–Trinajstić information content (AvgIpc) is 3.30. The van der Waals surface area contributed by atoms with Crippen LogP contribution in [0.4, 0.5) is 0 Å².